The molecule has 1 aliphatic carbocycles. The molecule has 0 spiro atoms. The van der Waals surface area contributed by atoms with Gasteiger partial charge in [0.05, 0.1) is 11.4 Å². The molecule has 1 aromatic carbocycles. The Hall–Kier alpha value is -1.71. The van der Waals surface area contributed by atoms with Gasteiger partial charge >= 0.3 is 0 Å². The van der Waals surface area contributed by atoms with Crippen LogP contribution in [0.2, 0.25) is 0 Å². The van der Waals surface area contributed by atoms with Crippen LogP contribution in [0.4, 0.5) is 5.69 Å². The Balaban J connectivity index is 1.91. The van der Waals surface area contributed by atoms with Crippen LogP contribution in [0.5, 0.6) is 0 Å². The summed E-state index contributed by atoms with van der Waals surface area (Å²) < 4.78 is 25.3. The van der Waals surface area contributed by atoms with Crippen molar-refractivity contribution in [3.8, 4) is 0 Å². The molecule has 2 rings (SSSR count). The molecular formula is C14H20N4O3S2. The number of nitrogens with zero attached hydrogens (tertiary/aromatic N) is 1. The van der Waals surface area contributed by atoms with Crippen molar-refractivity contribution >= 4 is 38.9 Å². The van der Waals surface area contributed by atoms with Crippen LogP contribution in [0, 0.1) is 0 Å². The van der Waals surface area contributed by atoms with Crippen molar-refractivity contribution < 1.29 is 13.2 Å². The van der Waals surface area contributed by atoms with E-state index in [2.05, 4.69) is 16.0 Å². The normalized spacial score (nSPS) is 14.4. The summed E-state index contributed by atoms with van der Waals surface area (Å²) in [5.74, 6) is -0.111. The summed E-state index contributed by atoms with van der Waals surface area (Å²) >= 11 is 5.11. The van der Waals surface area contributed by atoms with Gasteiger partial charge < -0.3 is 16.0 Å². The third-order valence-electron chi connectivity index (χ3n) is 3.22. The first-order chi connectivity index (χ1) is 10.8. The lowest BCUT2D eigenvalue weighted by molar-refractivity contribution is -0.120. The standard InChI is InChI=1S/C14H20N4O3S2/c1-18(2)23(20,21)12-5-3-4-11(8-12)17-14(22)15-9-13(19)16-10-6-7-10/h3-5,8,10H,6-7,9H2,1-2H3,(H,16,19)(H2,15,17,22). The van der Waals surface area contributed by atoms with Crippen molar-refractivity contribution in [2.75, 3.05) is 26.0 Å². The maximum absolute atomic E-state index is 12.1. The molecule has 0 radical (unpaired) electrons. The summed E-state index contributed by atoms with van der Waals surface area (Å²) in [4.78, 5) is 11.7. The van der Waals surface area contributed by atoms with Gasteiger partial charge in [-0.3, -0.25) is 4.79 Å². The zero-order chi connectivity index (χ0) is 17.0. The fraction of sp³-hybridized carbons (Fsp3) is 0.429. The average molecular weight is 356 g/mol. The van der Waals surface area contributed by atoms with Crippen LogP contribution in [0.1, 0.15) is 12.8 Å². The number of benzene rings is 1. The van der Waals surface area contributed by atoms with E-state index in [4.69, 9.17) is 12.2 Å². The number of sulfonamides is 1. The molecule has 0 aromatic heterocycles. The Morgan fingerprint density at radius 1 is 1.35 bits per heavy atom. The molecule has 126 valence electrons. The molecule has 3 N–H and O–H groups in total. The van der Waals surface area contributed by atoms with Gasteiger partial charge in [-0.15, -0.1) is 0 Å². The molecule has 1 fully saturated rings. The SMILES string of the molecule is CN(C)S(=O)(=O)c1cccc(NC(=S)NCC(=O)NC2CC2)c1. The lowest BCUT2D eigenvalue weighted by Gasteiger charge is -2.14. The van der Waals surface area contributed by atoms with Crippen molar-refractivity contribution in [3.05, 3.63) is 24.3 Å². The van der Waals surface area contributed by atoms with E-state index in [1.165, 1.54) is 26.2 Å². The van der Waals surface area contributed by atoms with Gasteiger partial charge in [-0.05, 0) is 43.3 Å². The van der Waals surface area contributed by atoms with E-state index >= 15 is 0 Å². The molecule has 1 amide bonds. The van der Waals surface area contributed by atoms with Crippen LogP contribution in [0.25, 0.3) is 0 Å². The summed E-state index contributed by atoms with van der Waals surface area (Å²) in [6.45, 7) is 0.0814. The fourth-order valence-electron chi connectivity index (χ4n) is 1.79. The molecule has 9 heteroatoms. The Kier molecular flexibility index (Phi) is 5.55. The maximum atomic E-state index is 12.1. The topological polar surface area (TPSA) is 90.5 Å². The highest BCUT2D eigenvalue weighted by atomic mass is 32.2. The number of carbonyl (C=O) groups excluding carboxylic acids is 1. The molecule has 0 aliphatic heterocycles. The van der Waals surface area contributed by atoms with Gasteiger partial charge in [0.2, 0.25) is 15.9 Å². The third kappa shape index (κ3) is 5.15. The lowest BCUT2D eigenvalue weighted by Crippen LogP contribution is -2.39. The van der Waals surface area contributed by atoms with Crippen LogP contribution in [-0.2, 0) is 14.8 Å². The first-order valence-electron chi connectivity index (χ1n) is 7.16. The predicted octanol–water partition coefficient (Wildman–Crippen LogP) is 0.502. The average Bonchev–Trinajstić information content (AvgIpc) is 3.29. The first-order valence-corrected chi connectivity index (χ1v) is 9.00. The number of nitrogens with one attached hydrogen (secondary N) is 3. The monoisotopic (exact) mass is 356 g/mol. The molecule has 23 heavy (non-hydrogen) atoms. The Morgan fingerprint density at radius 3 is 2.65 bits per heavy atom. The number of rotatable bonds is 6. The summed E-state index contributed by atoms with van der Waals surface area (Å²) in [5, 5.41) is 8.77. The smallest absolute Gasteiger partial charge is 0.242 e. The van der Waals surface area contributed by atoms with Gasteiger partial charge in [-0.1, -0.05) is 6.07 Å². The van der Waals surface area contributed by atoms with Gasteiger partial charge in [0, 0.05) is 25.8 Å². The molecule has 0 saturated heterocycles. The van der Waals surface area contributed by atoms with E-state index < -0.39 is 10.0 Å². The Bertz CT molecular complexity index is 700. The molecule has 0 atom stereocenters. The Labute approximate surface area is 141 Å². The molecule has 7 nitrogen and oxygen atoms in total. The van der Waals surface area contributed by atoms with Crippen LogP contribution in [0.15, 0.2) is 29.2 Å². The molecule has 0 unspecified atom stereocenters. The van der Waals surface area contributed by atoms with E-state index in [9.17, 15) is 13.2 Å². The van der Waals surface area contributed by atoms with Crippen LogP contribution >= 0.6 is 12.2 Å². The summed E-state index contributed by atoms with van der Waals surface area (Å²) in [7, 11) is -0.557. The molecule has 1 aromatic rings. The fourth-order valence-corrected chi connectivity index (χ4v) is 2.93. The van der Waals surface area contributed by atoms with Gasteiger partial charge in [0.25, 0.3) is 0 Å². The minimum absolute atomic E-state index is 0.0814. The highest BCUT2D eigenvalue weighted by Gasteiger charge is 2.23. The molecule has 0 heterocycles. The molecule has 1 saturated carbocycles. The second-order valence-electron chi connectivity index (χ2n) is 5.46. The quantitative estimate of drug-likeness (QED) is 0.643. The minimum Gasteiger partial charge on any atom is -0.353 e. The number of anilines is 1. The van der Waals surface area contributed by atoms with Crippen molar-refractivity contribution in [3.63, 3.8) is 0 Å². The van der Waals surface area contributed by atoms with E-state index in [0.717, 1.165) is 17.1 Å². The Morgan fingerprint density at radius 2 is 2.04 bits per heavy atom. The second kappa shape index (κ2) is 7.24. The number of amides is 1. The number of thiocarbonyl (C=S) groups is 1. The minimum atomic E-state index is -3.50. The third-order valence-corrected chi connectivity index (χ3v) is 5.28. The van der Waals surface area contributed by atoms with Gasteiger partial charge in [0.15, 0.2) is 5.11 Å². The van der Waals surface area contributed by atoms with Gasteiger partial charge in [0.1, 0.15) is 0 Å². The molecule has 0 bridgehead atoms. The lowest BCUT2D eigenvalue weighted by atomic mass is 10.3. The van der Waals surface area contributed by atoms with Gasteiger partial charge in [-0.2, -0.15) is 0 Å². The number of hydrogen-bond donors (Lipinski definition) is 3. The maximum Gasteiger partial charge on any atom is 0.242 e. The highest BCUT2D eigenvalue weighted by molar-refractivity contribution is 7.89. The van der Waals surface area contributed by atoms with Crippen molar-refractivity contribution in [1.82, 2.24) is 14.9 Å². The van der Waals surface area contributed by atoms with Crippen LogP contribution in [-0.4, -0.2) is 50.4 Å². The van der Waals surface area contributed by atoms with Gasteiger partial charge in [-0.25, -0.2) is 12.7 Å². The van der Waals surface area contributed by atoms with E-state index in [1.54, 1.807) is 12.1 Å². The first kappa shape index (κ1) is 17.6. The number of hydrogen-bond acceptors (Lipinski definition) is 4. The van der Waals surface area contributed by atoms with Crippen molar-refractivity contribution in [2.24, 2.45) is 0 Å². The summed E-state index contributed by atoms with van der Waals surface area (Å²) in [6, 6.07) is 6.64. The van der Waals surface area contributed by atoms with E-state index in [0.29, 0.717) is 11.7 Å². The zero-order valence-corrected chi connectivity index (χ0v) is 14.6. The highest BCUT2D eigenvalue weighted by Crippen LogP contribution is 2.18. The second-order valence-corrected chi connectivity index (χ2v) is 8.02. The molecular weight excluding hydrogens is 336 g/mol. The summed E-state index contributed by atoms with van der Waals surface area (Å²) in [5.41, 5.74) is 0.535. The summed E-state index contributed by atoms with van der Waals surface area (Å²) in [6.07, 6.45) is 2.06. The number of carbonyl (C=O) groups is 1. The van der Waals surface area contributed by atoms with E-state index in [-0.39, 0.29) is 22.5 Å². The zero-order valence-electron chi connectivity index (χ0n) is 13.0. The van der Waals surface area contributed by atoms with Crippen molar-refractivity contribution in [1.29, 1.82) is 0 Å². The largest absolute Gasteiger partial charge is 0.353 e. The van der Waals surface area contributed by atoms with Crippen LogP contribution in [0.3, 0.4) is 0 Å². The van der Waals surface area contributed by atoms with E-state index in [1.807, 2.05) is 0 Å². The van der Waals surface area contributed by atoms with Crippen LogP contribution < -0.4 is 16.0 Å². The molecule has 1 aliphatic rings. The predicted molar refractivity (Wildman–Crippen MR) is 92.7 cm³/mol. The van der Waals surface area contributed by atoms with Crippen molar-refractivity contribution in [2.45, 2.75) is 23.8 Å².